The molecule has 2 rings (SSSR count). The number of rotatable bonds is 4. The molecular formula is C15H24BrN3. The number of hydrogen-bond donors (Lipinski definition) is 1. The van der Waals surface area contributed by atoms with Gasteiger partial charge in [0.15, 0.2) is 0 Å². The van der Waals surface area contributed by atoms with E-state index < -0.39 is 0 Å². The molecule has 0 amide bonds. The number of likely N-dealkylation sites (N-methyl/N-ethyl adjacent to an activating group) is 2. The number of halogens is 1. The van der Waals surface area contributed by atoms with Gasteiger partial charge in [0.1, 0.15) is 0 Å². The molecule has 1 aromatic rings. The molecule has 1 aliphatic rings. The monoisotopic (exact) mass is 325 g/mol. The number of likely N-dealkylation sites (tertiary alicyclic amines) is 1. The minimum absolute atomic E-state index is 0.113. The second-order valence-electron chi connectivity index (χ2n) is 5.72. The first-order chi connectivity index (χ1) is 9.07. The van der Waals surface area contributed by atoms with Crippen LogP contribution in [0.1, 0.15) is 18.4 Å². The fourth-order valence-electron chi connectivity index (χ4n) is 3.02. The topological polar surface area (TPSA) is 32.5 Å². The van der Waals surface area contributed by atoms with Crippen molar-refractivity contribution in [3.8, 4) is 0 Å². The van der Waals surface area contributed by atoms with Gasteiger partial charge in [0.2, 0.25) is 0 Å². The lowest BCUT2D eigenvalue weighted by molar-refractivity contribution is 0.0395. The van der Waals surface area contributed by atoms with Crippen molar-refractivity contribution < 1.29 is 0 Å². The van der Waals surface area contributed by atoms with E-state index in [4.69, 9.17) is 5.73 Å². The maximum Gasteiger partial charge on any atom is 0.0459 e. The second kappa shape index (κ2) is 6.35. The Morgan fingerprint density at radius 3 is 2.79 bits per heavy atom. The number of piperidine rings is 1. The first kappa shape index (κ1) is 15.0. The van der Waals surface area contributed by atoms with E-state index in [-0.39, 0.29) is 5.54 Å². The number of benzene rings is 1. The van der Waals surface area contributed by atoms with Crippen molar-refractivity contribution in [1.82, 2.24) is 9.80 Å². The lowest BCUT2D eigenvalue weighted by Gasteiger charge is -2.47. The molecule has 4 heteroatoms. The number of nitrogens with zero attached hydrogens (tertiary/aromatic N) is 2. The van der Waals surface area contributed by atoms with Crippen LogP contribution in [0.3, 0.4) is 0 Å². The molecule has 1 saturated heterocycles. The maximum absolute atomic E-state index is 6.11. The normalized spacial score (nSPS) is 24.9. The van der Waals surface area contributed by atoms with Gasteiger partial charge in [0, 0.05) is 29.6 Å². The smallest absolute Gasteiger partial charge is 0.0459 e. The van der Waals surface area contributed by atoms with Crippen molar-refractivity contribution in [2.24, 2.45) is 5.73 Å². The summed E-state index contributed by atoms with van der Waals surface area (Å²) >= 11 is 3.63. The van der Waals surface area contributed by atoms with Crippen molar-refractivity contribution in [2.75, 3.05) is 33.7 Å². The molecule has 0 bridgehead atoms. The minimum Gasteiger partial charge on any atom is -0.329 e. The predicted octanol–water partition coefficient (Wildman–Crippen LogP) is 2.30. The van der Waals surface area contributed by atoms with Crippen LogP contribution in [0.4, 0.5) is 0 Å². The Labute approximate surface area is 124 Å². The zero-order valence-electron chi connectivity index (χ0n) is 11.9. The minimum atomic E-state index is 0.113. The van der Waals surface area contributed by atoms with Crippen molar-refractivity contribution in [2.45, 2.75) is 24.9 Å². The Balaban J connectivity index is 2.13. The van der Waals surface area contributed by atoms with Gasteiger partial charge in [0.25, 0.3) is 0 Å². The highest BCUT2D eigenvalue weighted by Gasteiger charge is 2.36. The molecular weight excluding hydrogens is 302 g/mol. The van der Waals surface area contributed by atoms with Crippen molar-refractivity contribution in [3.63, 3.8) is 0 Å². The molecule has 1 fully saturated rings. The van der Waals surface area contributed by atoms with Crippen LogP contribution in [0.5, 0.6) is 0 Å². The average molecular weight is 326 g/mol. The Morgan fingerprint density at radius 1 is 1.42 bits per heavy atom. The molecule has 1 aromatic carbocycles. The van der Waals surface area contributed by atoms with Crippen LogP contribution in [0.2, 0.25) is 0 Å². The fourth-order valence-corrected chi connectivity index (χ4v) is 3.43. The van der Waals surface area contributed by atoms with E-state index in [1.807, 2.05) is 0 Å². The molecule has 0 radical (unpaired) electrons. The Bertz CT molecular complexity index is 424. The molecule has 106 valence electrons. The second-order valence-corrected chi connectivity index (χ2v) is 6.57. The van der Waals surface area contributed by atoms with E-state index in [0.29, 0.717) is 0 Å². The van der Waals surface area contributed by atoms with E-state index in [1.54, 1.807) is 0 Å². The standard InChI is InChI=1S/C15H24BrN3/c1-18-9-5-8-15(11-17,12-18)19(2)10-13-6-3-4-7-14(13)16/h3-4,6-7H,5,8-12,17H2,1-2H3. The third-order valence-corrected chi connectivity index (χ3v) is 5.07. The third kappa shape index (κ3) is 3.37. The molecule has 1 atom stereocenters. The zero-order chi connectivity index (χ0) is 13.9. The Morgan fingerprint density at radius 2 is 2.16 bits per heavy atom. The Kier molecular flexibility index (Phi) is 5.01. The van der Waals surface area contributed by atoms with Crippen molar-refractivity contribution >= 4 is 15.9 Å². The molecule has 0 aromatic heterocycles. The van der Waals surface area contributed by atoms with Gasteiger partial charge in [-0.3, -0.25) is 4.90 Å². The molecule has 2 N–H and O–H groups in total. The fraction of sp³-hybridized carbons (Fsp3) is 0.600. The van der Waals surface area contributed by atoms with E-state index in [0.717, 1.165) is 19.6 Å². The molecule has 19 heavy (non-hydrogen) atoms. The summed E-state index contributed by atoms with van der Waals surface area (Å²) in [4.78, 5) is 4.83. The zero-order valence-corrected chi connectivity index (χ0v) is 13.5. The van der Waals surface area contributed by atoms with Crippen molar-refractivity contribution in [1.29, 1.82) is 0 Å². The molecule has 1 heterocycles. The van der Waals surface area contributed by atoms with E-state index in [2.05, 4.69) is 64.1 Å². The Hall–Kier alpha value is -0.420. The average Bonchev–Trinajstić information content (AvgIpc) is 2.41. The van der Waals surface area contributed by atoms with Crippen LogP contribution in [-0.4, -0.2) is 49.1 Å². The summed E-state index contributed by atoms with van der Waals surface area (Å²) in [6.07, 6.45) is 2.42. The van der Waals surface area contributed by atoms with Crippen LogP contribution in [0.15, 0.2) is 28.7 Å². The summed E-state index contributed by atoms with van der Waals surface area (Å²) in [5, 5.41) is 0. The summed E-state index contributed by atoms with van der Waals surface area (Å²) in [6.45, 7) is 3.90. The first-order valence-electron chi connectivity index (χ1n) is 6.91. The summed E-state index contributed by atoms with van der Waals surface area (Å²) in [7, 11) is 4.39. The lowest BCUT2D eigenvalue weighted by Crippen LogP contribution is -2.60. The van der Waals surface area contributed by atoms with Crippen LogP contribution in [0, 0.1) is 0 Å². The van der Waals surface area contributed by atoms with Crippen LogP contribution >= 0.6 is 15.9 Å². The van der Waals surface area contributed by atoms with Gasteiger partial charge >= 0.3 is 0 Å². The number of hydrogen-bond acceptors (Lipinski definition) is 3. The SMILES string of the molecule is CN1CCCC(CN)(N(C)Cc2ccccc2Br)C1. The maximum atomic E-state index is 6.11. The van der Waals surface area contributed by atoms with Gasteiger partial charge in [-0.15, -0.1) is 0 Å². The summed E-state index contributed by atoms with van der Waals surface area (Å²) in [6, 6.07) is 8.43. The van der Waals surface area contributed by atoms with E-state index in [1.165, 1.54) is 29.4 Å². The molecule has 0 spiro atoms. The van der Waals surface area contributed by atoms with Gasteiger partial charge in [-0.05, 0) is 45.1 Å². The van der Waals surface area contributed by atoms with Gasteiger partial charge in [-0.25, -0.2) is 0 Å². The van der Waals surface area contributed by atoms with Crippen LogP contribution in [-0.2, 0) is 6.54 Å². The molecule has 0 saturated carbocycles. The third-order valence-electron chi connectivity index (χ3n) is 4.30. The van der Waals surface area contributed by atoms with Gasteiger partial charge in [0.05, 0.1) is 0 Å². The van der Waals surface area contributed by atoms with Crippen molar-refractivity contribution in [3.05, 3.63) is 34.3 Å². The highest BCUT2D eigenvalue weighted by Crippen LogP contribution is 2.28. The van der Waals surface area contributed by atoms with Gasteiger partial charge in [-0.2, -0.15) is 0 Å². The van der Waals surface area contributed by atoms with Gasteiger partial charge < -0.3 is 10.6 Å². The van der Waals surface area contributed by atoms with Crippen LogP contribution in [0.25, 0.3) is 0 Å². The largest absolute Gasteiger partial charge is 0.329 e. The summed E-state index contributed by atoms with van der Waals surface area (Å²) in [5.74, 6) is 0. The van der Waals surface area contributed by atoms with Crippen LogP contribution < -0.4 is 5.73 Å². The lowest BCUT2D eigenvalue weighted by atomic mass is 9.87. The number of nitrogens with two attached hydrogens (primary N) is 1. The summed E-state index contributed by atoms with van der Waals surface area (Å²) < 4.78 is 1.18. The molecule has 3 nitrogen and oxygen atoms in total. The van der Waals surface area contributed by atoms with E-state index >= 15 is 0 Å². The highest BCUT2D eigenvalue weighted by molar-refractivity contribution is 9.10. The van der Waals surface area contributed by atoms with E-state index in [9.17, 15) is 0 Å². The first-order valence-corrected chi connectivity index (χ1v) is 7.70. The highest BCUT2D eigenvalue weighted by atomic mass is 79.9. The molecule has 1 unspecified atom stereocenters. The molecule has 1 aliphatic heterocycles. The quantitative estimate of drug-likeness (QED) is 0.922. The van der Waals surface area contributed by atoms with Gasteiger partial charge in [-0.1, -0.05) is 34.1 Å². The molecule has 0 aliphatic carbocycles. The predicted molar refractivity (Wildman–Crippen MR) is 84.1 cm³/mol. The summed E-state index contributed by atoms with van der Waals surface area (Å²) in [5.41, 5.74) is 7.55.